The van der Waals surface area contributed by atoms with E-state index in [2.05, 4.69) is 4.98 Å². The summed E-state index contributed by atoms with van der Waals surface area (Å²) in [6.07, 6.45) is -3.44. The molecule has 1 N–H and O–H groups in total. The molecule has 88 valence electrons. The fraction of sp³-hybridized carbons (Fsp3) is 0.0833. The van der Waals surface area contributed by atoms with Crippen molar-refractivity contribution in [1.29, 1.82) is 0 Å². The molecule has 1 heterocycles. The van der Waals surface area contributed by atoms with Crippen molar-refractivity contribution >= 4 is 5.78 Å². The molecule has 0 aliphatic rings. The van der Waals surface area contributed by atoms with Crippen molar-refractivity contribution in [2.24, 2.45) is 0 Å². The van der Waals surface area contributed by atoms with Gasteiger partial charge < -0.3 is 4.98 Å². The predicted octanol–water partition coefficient (Wildman–Crippen LogP) is 3.26. The number of aromatic amines is 1. The number of nitrogens with one attached hydrogen (secondary N) is 1. The van der Waals surface area contributed by atoms with Crippen molar-refractivity contribution in [1.82, 2.24) is 4.98 Å². The van der Waals surface area contributed by atoms with Crippen LogP contribution in [0.2, 0.25) is 0 Å². The van der Waals surface area contributed by atoms with Gasteiger partial charge in [0, 0.05) is 11.8 Å². The molecule has 0 radical (unpaired) electrons. The lowest BCUT2D eigenvalue weighted by atomic mass is 10.0. The highest BCUT2D eigenvalue weighted by Crippen LogP contribution is 2.31. The van der Waals surface area contributed by atoms with Gasteiger partial charge in [-0.05, 0) is 6.07 Å². The quantitative estimate of drug-likeness (QED) is 0.801. The van der Waals surface area contributed by atoms with E-state index in [-0.39, 0.29) is 11.1 Å². The first-order chi connectivity index (χ1) is 8.00. The van der Waals surface area contributed by atoms with Crippen molar-refractivity contribution in [3.63, 3.8) is 0 Å². The molecule has 0 aliphatic carbocycles. The smallest absolute Gasteiger partial charge is 0.357 e. The van der Waals surface area contributed by atoms with Crippen LogP contribution < -0.4 is 0 Å². The Hall–Kier alpha value is -2.04. The van der Waals surface area contributed by atoms with Gasteiger partial charge in [-0.15, -0.1) is 0 Å². The van der Waals surface area contributed by atoms with Crippen LogP contribution in [0.1, 0.15) is 21.6 Å². The molecule has 5 heteroatoms. The molecule has 0 unspecified atom stereocenters. The number of H-pyrrole nitrogens is 1. The van der Waals surface area contributed by atoms with E-state index >= 15 is 0 Å². The molecule has 0 saturated heterocycles. The third-order valence-electron chi connectivity index (χ3n) is 2.31. The van der Waals surface area contributed by atoms with Gasteiger partial charge in [0.25, 0.3) is 0 Å². The third kappa shape index (κ3) is 2.22. The Morgan fingerprint density at radius 3 is 2.29 bits per heavy atom. The Balaban J connectivity index is 2.43. The molecule has 0 fully saturated rings. The molecule has 0 bridgehead atoms. The predicted molar refractivity (Wildman–Crippen MR) is 55.7 cm³/mol. The first-order valence-electron chi connectivity index (χ1n) is 4.84. The minimum atomic E-state index is -4.55. The number of hydrogen-bond acceptors (Lipinski definition) is 1. The number of hydrogen-bond donors (Lipinski definition) is 1. The lowest BCUT2D eigenvalue weighted by Gasteiger charge is -2.07. The second-order valence-electron chi connectivity index (χ2n) is 3.46. The van der Waals surface area contributed by atoms with E-state index in [1.165, 1.54) is 12.1 Å². The number of carbonyl (C=O) groups excluding carboxylic acids is 1. The van der Waals surface area contributed by atoms with Crippen molar-refractivity contribution in [3.05, 3.63) is 59.4 Å². The van der Waals surface area contributed by atoms with Gasteiger partial charge in [0.1, 0.15) is 5.69 Å². The minimum absolute atomic E-state index is 0.234. The van der Waals surface area contributed by atoms with Crippen LogP contribution in [0.15, 0.2) is 42.6 Å². The zero-order valence-corrected chi connectivity index (χ0v) is 8.58. The maximum Gasteiger partial charge on any atom is 0.431 e. The lowest BCUT2D eigenvalue weighted by molar-refractivity contribution is -0.141. The first-order valence-corrected chi connectivity index (χ1v) is 4.84. The summed E-state index contributed by atoms with van der Waals surface area (Å²) in [4.78, 5) is 13.9. The Kier molecular flexibility index (Phi) is 2.75. The van der Waals surface area contributed by atoms with Crippen molar-refractivity contribution in [2.75, 3.05) is 0 Å². The van der Waals surface area contributed by atoms with E-state index in [9.17, 15) is 18.0 Å². The number of aromatic nitrogens is 1. The molecule has 0 spiro atoms. The van der Waals surface area contributed by atoms with Gasteiger partial charge >= 0.3 is 6.18 Å². The lowest BCUT2D eigenvalue weighted by Crippen LogP contribution is -2.12. The maximum atomic E-state index is 12.6. The average Bonchev–Trinajstić information content (AvgIpc) is 2.78. The number of ketones is 1. The second kappa shape index (κ2) is 4.08. The highest BCUT2D eigenvalue weighted by atomic mass is 19.4. The molecule has 1 aromatic heterocycles. The minimum Gasteiger partial charge on any atom is -0.357 e. The summed E-state index contributed by atoms with van der Waals surface area (Å²) in [6.45, 7) is 0. The van der Waals surface area contributed by atoms with Gasteiger partial charge in [0.15, 0.2) is 5.78 Å². The molecule has 17 heavy (non-hydrogen) atoms. The van der Waals surface area contributed by atoms with Crippen LogP contribution in [0.3, 0.4) is 0 Å². The highest BCUT2D eigenvalue weighted by molar-refractivity contribution is 6.09. The van der Waals surface area contributed by atoms with Crippen LogP contribution in [-0.4, -0.2) is 10.8 Å². The van der Waals surface area contributed by atoms with E-state index < -0.39 is 17.7 Å². The average molecular weight is 239 g/mol. The number of benzene rings is 1. The zero-order chi connectivity index (χ0) is 12.5. The Bertz CT molecular complexity index is 528. The van der Waals surface area contributed by atoms with Gasteiger partial charge in [-0.1, -0.05) is 30.3 Å². The highest BCUT2D eigenvalue weighted by Gasteiger charge is 2.36. The van der Waals surface area contributed by atoms with Gasteiger partial charge in [-0.25, -0.2) is 0 Å². The molecular formula is C12H8F3NO. The summed E-state index contributed by atoms with van der Waals surface area (Å²) in [7, 11) is 0. The molecular weight excluding hydrogens is 231 g/mol. The van der Waals surface area contributed by atoms with E-state index in [1.54, 1.807) is 18.2 Å². The molecule has 0 saturated carbocycles. The third-order valence-corrected chi connectivity index (χ3v) is 2.31. The molecule has 2 nitrogen and oxygen atoms in total. The molecule has 0 atom stereocenters. The number of halogens is 3. The summed E-state index contributed by atoms with van der Waals surface area (Å²) >= 11 is 0. The SMILES string of the molecule is O=C(c1ccccc1)c1cc[nH]c1C(F)(F)F. The normalized spacial score (nSPS) is 11.5. The van der Waals surface area contributed by atoms with Crippen LogP contribution in [0.4, 0.5) is 13.2 Å². The summed E-state index contributed by atoms with van der Waals surface area (Å²) < 4.78 is 37.7. The van der Waals surface area contributed by atoms with Gasteiger partial charge in [0.05, 0.1) is 5.56 Å². The standard InChI is InChI=1S/C12H8F3NO/c13-12(14,15)11-9(6-7-16-11)10(17)8-4-2-1-3-5-8/h1-7,16H. The van der Waals surface area contributed by atoms with Gasteiger partial charge in [-0.2, -0.15) is 13.2 Å². The first kappa shape index (κ1) is 11.4. The fourth-order valence-corrected chi connectivity index (χ4v) is 1.54. The summed E-state index contributed by atoms with van der Waals surface area (Å²) in [5, 5.41) is 0. The van der Waals surface area contributed by atoms with E-state index in [1.807, 2.05) is 0 Å². The molecule has 1 aromatic carbocycles. The molecule has 2 aromatic rings. The van der Waals surface area contributed by atoms with Crippen LogP contribution in [0.25, 0.3) is 0 Å². The molecule has 2 rings (SSSR count). The largest absolute Gasteiger partial charge is 0.431 e. The zero-order valence-electron chi connectivity index (χ0n) is 8.58. The number of rotatable bonds is 2. The topological polar surface area (TPSA) is 32.9 Å². The molecule has 0 aliphatic heterocycles. The summed E-state index contributed by atoms with van der Waals surface area (Å²) in [5.74, 6) is -0.640. The second-order valence-corrected chi connectivity index (χ2v) is 3.46. The maximum absolute atomic E-state index is 12.6. The van der Waals surface area contributed by atoms with Crippen LogP contribution in [-0.2, 0) is 6.18 Å². The summed E-state index contributed by atoms with van der Waals surface area (Å²) in [6, 6.07) is 9.00. The molecule has 0 amide bonds. The monoisotopic (exact) mass is 239 g/mol. The van der Waals surface area contributed by atoms with Crippen LogP contribution in [0, 0.1) is 0 Å². The van der Waals surface area contributed by atoms with Gasteiger partial charge in [0.2, 0.25) is 0 Å². The van der Waals surface area contributed by atoms with E-state index in [4.69, 9.17) is 0 Å². The summed E-state index contributed by atoms with van der Waals surface area (Å²) in [5.41, 5.74) is -1.13. The van der Waals surface area contributed by atoms with Crippen LogP contribution >= 0.6 is 0 Å². The van der Waals surface area contributed by atoms with Crippen molar-refractivity contribution in [2.45, 2.75) is 6.18 Å². The Morgan fingerprint density at radius 2 is 1.71 bits per heavy atom. The van der Waals surface area contributed by atoms with Crippen LogP contribution in [0.5, 0.6) is 0 Å². The van der Waals surface area contributed by atoms with Crippen molar-refractivity contribution < 1.29 is 18.0 Å². The van der Waals surface area contributed by atoms with Crippen molar-refractivity contribution in [3.8, 4) is 0 Å². The van der Waals surface area contributed by atoms with E-state index in [0.717, 1.165) is 12.3 Å². The number of alkyl halides is 3. The fourth-order valence-electron chi connectivity index (χ4n) is 1.54. The number of carbonyl (C=O) groups is 1. The van der Waals surface area contributed by atoms with Gasteiger partial charge in [-0.3, -0.25) is 4.79 Å². The van der Waals surface area contributed by atoms with E-state index in [0.29, 0.717) is 0 Å². The Labute approximate surface area is 95.1 Å². The Morgan fingerprint density at radius 1 is 1.06 bits per heavy atom.